The highest BCUT2D eigenvalue weighted by atomic mass is 32.2. The van der Waals surface area contributed by atoms with Crippen molar-refractivity contribution < 1.29 is 15.0 Å². The summed E-state index contributed by atoms with van der Waals surface area (Å²) in [6, 6.07) is 5.60. The van der Waals surface area contributed by atoms with Gasteiger partial charge in [-0.2, -0.15) is 0 Å². The molecule has 0 aromatic heterocycles. The minimum atomic E-state index is -0.881. The van der Waals surface area contributed by atoms with Crippen molar-refractivity contribution in [3.63, 3.8) is 0 Å². The molecule has 2 rings (SSSR count). The number of thioether (sulfide) groups is 1. The molecule has 1 saturated carbocycles. The number of carboxylic acids is 1. The van der Waals surface area contributed by atoms with E-state index in [-0.39, 0.29) is 6.10 Å². The number of benzene rings is 1. The van der Waals surface area contributed by atoms with E-state index in [2.05, 4.69) is 5.32 Å². The first-order valence-electron chi connectivity index (χ1n) is 7.52. The molecule has 3 N–H and O–H groups in total. The van der Waals surface area contributed by atoms with Crippen LogP contribution in [0.25, 0.3) is 0 Å². The third kappa shape index (κ3) is 4.38. The maximum absolute atomic E-state index is 11.5. The monoisotopic (exact) mass is 309 g/mol. The first kappa shape index (κ1) is 16.2. The van der Waals surface area contributed by atoms with Gasteiger partial charge in [0.2, 0.25) is 0 Å². The van der Waals surface area contributed by atoms with E-state index in [1.807, 2.05) is 25.1 Å². The quantitative estimate of drug-likeness (QED) is 0.702. The minimum absolute atomic E-state index is 0.153. The lowest BCUT2D eigenvalue weighted by Crippen LogP contribution is -2.24. The zero-order valence-electron chi connectivity index (χ0n) is 12.3. The minimum Gasteiger partial charge on any atom is -0.478 e. The smallest absolute Gasteiger partial charge is 0.338 e. The standard InChI is InChI=1S/C16H23NO3S/c1-2-21-14-5-3-4-13(15(14)16(19)20)17-10-11-6-8-12(18)9-7-11/h3-5,11-12,17-18H,2,6-10H2,1H3,(H,19,20). The predicted octanol–water partition coefficient (Wildman–Crippen LogP) is 3.46. The van der Waals surface area contributed by atoms with E-state index >= 15 is 0 Å². The summed E-state index contributed by atoms with van der Waals surface area (Å²) in [6.45, 7) is 2.79. The number of nitrogens with one attached hydrogen (secondary N) is 1. The number of rotatable bonds is 6. The van der Waals surface area contributed by atoms with Gasteiger partial charge in [-0.1, -0.05) is 13.0 Å². The molecule has 21 heavy (non-hydrogen) atoms. The molecule has 1 aromatic carbocycles. The normalized spacial score (nSPS) is 22.0. The molecule has 0 bridgehead atoms. The maximum atomic E-state index is 11.5. The molecule has 1 aromatic rings. The molecular formula is C16H23NO3S. The van der Waals surface area contributed by atoms with E-state index < -0.39 is 5.97 Å². The van der Waals surface area contributed by atoms with Gasteiger partial charge in [-0.05, 0) is 49.5 Å². The number of aliphatic hydroxyl groups is 1. The molecule has 5 heteroatoms. The molecule has 0 atom stereocenters. The number of carbonyl (C=O) groups is 1. The Labute approximate surface area is 129 Å². The summed E-state index contributed by atoms with van der Waals surface area (Å²) in [4.78, 5) is 12.3. The summed E-state index contributed by atoms with van der Waals surface area (Å²) in [6.07, 6.45) is 3.55. The van der Waals surface area contributed by atoms with Crippen molar-refractivity contribution >= 4 is 23.4 Å². The first-order valence-corrected chi connectivity index (χ1v) is 8.51. The Morgan fingerprint density at radius 1 is 1.33 bits per heavy atom. The van der Waals surface area contributed by atoms with E-state index in [0.29, 0.717) is 17.2 Å². The van der Waals surface area contributed by atoms with Gasteiger partial charge in [-0.15, -0.1) is 11.8 Å². The summed E-state index contributed by atoms with van der Waals surface area (Å²) in [5.74, 6) is 0.482. The SMILES string of the molecule is CCSc1cccc(NCC2CCC(O)CC2)c1C(=O)O. The van der Waals surface area contributed by atoms with E-state index in [1.165, 1.54) is 0 Å². The number of hydrogen-bond acceptors (Lipinski definition) is 4. The second-order valence-electron chi connectivity index (χ2n) is 5.47. The van der Waals surface area contributed by atoms with Crippen molar-refractivity contribution in [2.75, 3.05) is 17.6 Å². The lowest BCUT2D eigenvalue weighted by molar-refractivity contribution is 0.0694. The van der Waals surface area contributed by atoms with Gasteiger partial charge < -0.3 is 15.5 Å². The number of aliphatic hydroxyl groups excluding tert-OH is 1. The van der Waals surface area contributed by atoms with Gasteiger partial charge in [0.05, 0.1) is 11.7 Å². The Bertz CT molecular complexity index is 484. The molecule has 116 valence electrons. The van der Waals surface area contributed by atoms with Crippen molar-refractivity contribution in [3.8, 4) is 0 Å². The molecule has 0 unspecified atom stereocenters. The molecular weight excluding hydrogens is 286 g/mol. The molecule has 0 aliphatic heterocycles. The summed E-state index contributed by atoms with van der Waals surface area (Å²) >= 11 is 1.55. The van der Waals surface area contributed by atoms with E-state index in [0.717, 1.165) is 42.9 Å². The third-order valence-electron chi connectivity index (χ3n) is 3.94. The number of aromatic carboxylic acids is 1. The highest BCUT2D eigenvalue weighted by molar-refractivity contribution is 7.99. The van der Waals surface area contributed by atoms with Crippen LogP contribution in [-0.4, -0.2) is 34.6 Å². The zero-order chi connectivity index (χ0) is 15.2. The Morgan fingerprint density at radius 2 is 2.05 bits per heavy atom. The lowest BCUT2D eigenvalue weighted by atomic mass is 9.87. The average Bonchev–Trinajstić information content (AvgIpc) is 2.47. The molecule has 0 spiro atoms. The predicted molar refractivity (Wildman–Crippen MR) is 86.3 cm³/mol. The van der Waals surface area contributed by atoms with Crippen LogP contribution in [0.15, 0.2) is 23.1 Å². The van der Waals surface area contributed by atoms with Crippen LogP contribution in [0.4, 0.5) is 5.69 Å². The second-order valence-corrected chi connectivity index (χ2v) is 6.78. The molecule has 0 saturated heterocycles. The second kappa shape index (κ2) is 7.71. The molecule has 1 fully saturated rings. The van der Waals surface area contributed by atoms with Crippen molar-refractivity contribution in [1.29, 1.82) is 0 Å². The van der Waals surface area contributed by atoms with Crippen LogP contribution in [0.5, 0.6) is 0 Å². The van der Waals surface area contributed by atoms with Gasteiger partial charge in [-0.3, -0.25) is 0 Å². The van der Waals surface area contributed by atoms with Crippen LogP contribution in [0, 0.1) is 5.92 Å². The Morgan fingerprint density at radius 3 is 2.67 bits per heavy atom. The van der Waals surface area contributed by atoms with E-state index in [9.17, 15) is 15.0 Å². The Balaban J connectivity index is 2.05. The van der Waals surface area contributed by atoms with Gasteiger partial charge in [0.25, 0.3) is 0 Å². The van der Waals surface area contributed by atoms with Gasteiger partial charge in [0, 0.05) is 17.1 Å². The zero-order valence-corrected chi connectivity index (χ0v) is 13.2. The number of hydrogen-bond donors (Lipinski definition) is 3. The van der Waals surface area contributed by atoms with Crippen LogP contribution in [0.2, 0.25) is 0 Å². The van der Waals surface area contributed by atoms with Gasteiger partial charge >= 0.3 is 5.97 Å². The van der Waals surface area contributed by atoms with Gasteiger partial charge in [-0.25, -0.2) is 4.79 Å². The third-order valence-corrected chi connectivity index (χ3v) is 4.88. The topological polar surface area (TPSA) is 69.6 Å². The maximum Gasteiger partial charge on any atom is 0.338 e. The summed E-state index contributed by atoms with van der Waals surface area (Å²) in [5, 5.41) is 22.3. The fourth-order valence-corrected chi connectivity index (χ4v) is 3.61. The average molecular weight is 309 g/mol. The number of carboxylic acid groups (broad SMARTS) is 1. The Kier molecular flexibility index (Phi) is 5.94. The highest BCUT2D eigenvalue weighted by Crippen LogP contribution is 2.30. The highest BCUT2D eigenvalue weighted by Gasteiger charge is 2.20. The van der Waals surface area contributed by atoms with Gasteiger partial charge in [0.15, 0.2) is 0 Å². The van der Waals surface area contributed by atoms with Crippen LogP contribution in [-0.2, 0) is 0 Å². The van der Waals surface area contributed by atoms with Crippen molar-refractivity contribution in [2.45, 2.75) is 43.6 Å². The fraction of sp³-hybridized carbons (Fsp3) is 0.562. The Hall–Kier alpha value is -1.20. The van der Waals surface area contributed by atoms with E-state index in [1.54, 1.807) is 11.8 Å². The van der Waals surface area contributed by atoms with Crippen molar-refractivity contribution in [1.82, 2.24) is 0 Å². The van der Waals surface area contributed by atoms with Crippen LogP contribution < -0.4 is 5.32 Å². The molecule has 0 heterocycles. The lowest BCUT2D eigenvalue weighted by Gasteiger charge is -2.26. The van der Waals surface area contributed by atoms with Gasteiger partial charge in [0.1, 0.15) is 0 Å². The number of anilines is 1. The molecule has 0 amide bonds. The fourth-order valence-electron chi connectivity index (χ4n) is 2.78. The molecule has 0 radical (unpaired) electrons. The summed E-state index contributed by atoms with van der Waals surface area (Å²) < 4.78 is 0. The molecule has 1 aliphatic carbocycles. The van der Waals surface area contributed by atoms with Crippen LogP contribution in [0.1, 0.15) is 43.0 Å². The summed E-state index contributed by atoms with van der Waals surface area (Å²) in [7, 11) is 0. The molecule has 4 nitrogen and oxygen atoms in total. The molecule has 1 aliphatic rings. The summed E-state index contributed by atoms with van der Waals surface area (Å²) in [5.41, 5.74) is 1.08. The first-order chi connectivity index (χ1) is 10.1. The van der Waals surface area contributed by atoms with Crippen LogP contribution in [0.3, 0.4) is 0 Å². The van der Waals surface area contributed by atoms with Crippen molar-refractivity contribution in [2.24, 2.45) is 5.92 Å². The van der Waals surface area contributed by atoms with E-state index in [4.69, 9.17) is 0 Å². The van der Waals surface area contributed by atoms with Crippen molar-refractivity contribution in [3.05, 3.63) is 23.8 Å². The largest absolute Gasteiger partial charge is 0.478 e. The van der Waals surface area contributed by atoms with Crippen LogP contribution >= 0.6 is 11.8 Å².